The number of thioether (sulfide) groups is 1. The molecule has 1 aromatic carbocycles. The highest BCUT2D eigenvalue weighted by Gasteiger charge is 2.31. The SMILES string of the molecule is Cc1ccccc1SCc1noc(C2CCCC2O)n1. The highest BCUT2D eigenvalue weighted by Crippen LogP contribution is 2.34. The molecule has 5 heteroatoms. The van der Waals surface area contributed by atoms with E-state index in [4.69, 9.17) is 4.52 Å². The zero-order chi connectivity index (χ0) is 13.9. The second-order valence-corrected chi connectivity index (χ2v) is 6.22. The van der Waals surface area contributed by atoms with E-state index in [0.717, 1.165) is 19.3 Å². The Morgan fingerprint density at radius 2 is 2.20 bits per heavy atom. The van der Waals surface area contributed by atoms with E-state index in [1.807, 2.05) is 12.1 Å². The summed E-state index contributed by atoms with van der Waals surface area (Å²) < 4.78 is 5.30. The van der Waals surface area contributed by atoms with E-state index < -0.39 is 0 Å². The standard InChI is InChI=1S/C15H18N2O2S/c1-10-5-2-3-8-13(10)20-9-14-16-15(19-17-14)11-6-4-7-12(11)18/h2-3,5,8,11-12,18H,4,6-7,9H2,1H3. The second-order valence-electron chi connectivity index (χ2n) is 5.21. The van der Waals surface area contributed by atoms with Crippen LogP contribution in [0, 0.1) is 6.92 Å². The van der Waals surface area contributed by atoms with Crippen molar-refractivity contribution in [1.82, 2.24) is 10.1 Å². The van der Waals surface area contributed by atoms with Crippen LogP contribution in [0.15, 0.2) is 33.7 Å². The average Bonchev–Trinajstić information content (AvgIpc) is 3.06. The van der Waals surface area contributed by atoms with E-state index in [-0.39, 0.29) is 12.0 Å². The highest BCUT2D eigenvalue weighted by molar-refractivity contribution is 7.98. The molecule has 2 atom stereocenters. The number of hydrogen-bond acceptors (Lipinski definition) is 5. The van der Waals surface area contributed by atoms with Crippen LogP contribution in [0.3, 0.4) is 0 Å². The number of benzene rings is 1. The third-order valence-electron chi connectivity index (χ3n) is 3.73. The molecule has 1 aliphatic rings. The average molecular weight is 290 g/mol. The number of aliphatic hydroxyl groups excluding tert-OH is 1. The molecule has 2 aromatic rings. The first-order chi connectivity index (χ1) is 9.74. The van der Waals surface area contributed by atoms with E-state index >= 15 is 0 Å². The molecule has 1 heterocycles. The highest BCUT2D eigenvalue weighted by atomic mass is 32.2. The van der Waals surface area contributed by atoms with Crippen LogP contribution >= 0.6 is 11.8 Å². The molecule has 3 rings (SSSR count). The summed E-state index contributed by atoms with van der Waals surface area (Å²) >= 11 is 1.71. The predicted octanol–water partition coefficient (Wildman–Crippen LogP) is 3.30. The van der Waals surface area contributed by atoms with Gasteiger partial charge in [0.05, 0.1) is 17.8 Å². The van der Waals surface area contributed by atoms with Gasteiger partial charge >= 0.3 is 0 Å². The summed E-state index contributed by atoms with van der Waals surface area (Å²) in [5, 5.41) is 13.9. The fourth-order valence-corrected chi connectivity index (χ4v) is 3.44. The van der Waals surface area contributed by atoms with Crippen molar-refractivity contribution in [1.29, 1.82) is 0 Å². The minimum absolute atomic E-state index is 0.0275. The quantitative estimate of drug-likeness (QED) is 0.875. The molecule has 0 spiro atoms. The molecule has 0 bridgehead atoms. The van der Waals surface area contributed by atoms with Crippen LogP contribution in [-0.2, 0) is 5.75 Å². The molecule has 1 aliphatic carbocycles. The Balaban J connectivity index is 1.64. The summed E-state index contributed by atoms with van der Waals surface area (Å²) in [7, 11) is 0. The molecule has 1 aromatic heterocycles. The van der Waals surface area contributed by atoms with Gasteiger partial charge in [-0.1, -0.05) is 23.4 Å². The van der Waals surface area contributed by atoms with Crippen LogP contribution in [0.4, 0.5) is 0 Å². The van der Waals surface area contributed by atoms with E-state index in [1.165, 1.54) is 10.5 Å². The molecule has 20 heavy (non-hydrogen) atoms. The Morgan fingerprint density at radius 1 is 1.35 bits per heavy atom. The van der Waals surface area contributed by atoms with Crippen LogP contribution in [0.1, 0.15) is 42.5 Å². The molecule has 0 aliphatic heterocycles. The molecule has 2 unspecified atom stereocenters. The Hall–Kier alpha value is -1.33. The first-order valence-electron chi connectivity index (χ1n) is 6.93. The van der Waals surface area contributed by atoms with Gasteiger partial charge in [0.15, 0.2) is 5.82 Å². The molecule has 0 saturated heterocycles. The number of nitrogens with zero attached hydrogens (tertiary/aromatic N) is 2. The molecule has 1 N–H and O–H groups in total. The lowest BCUT2D eigenvalue weighted by Crippen LogP contribution is -2.11. The van der Waals surface area contributed by atoms with E-state index in [0.29, 0.717) is 17.5 Å². The fraction of sp³-hybridized carbons (Fsp3) is 0.467. The van der Waals surface area contributed by atoms with E-state index in [9.17, 15) is 5.11 Å². The van der Waals surface area contributed by atoms with E-state index in [1.54, 1.807) is 11.8 Å². The molecule has 106 valence electrons. The molecule has 0 radical (unpaired) electrons. The van der Waals surface area contributed by atoms with Gasteiger partial charge in [-0.2, -0.15) is 4.98 Å². The van der Waals surface area contributed by atoms with Crippen molar-refractivity contribution in [2.45, 2.75) is 48.9 Å². The zero-order valence-corrected chi connectivity index (χ0v) is 12.3. The lowest BCUT2D eigenvalue weighted by atomic mass is 10.1. The molecule has 4 nitrogen and oxygen atoms in total. The first kappa shape index (κ1) is 13.6. The summed E-state index contributed by atoms with van der Waals surface area (Å²) in [5.41, 5.74) is 1.26. The van der Waals surface area contributed by atoms with Crippen molar-refractivity contribution in [2.24, 2.45) is 0 Å². The monoisotopic (exact) mass is 290 g/mol. The van der Waals surface area contributed by atoms with E-state index in [2.05, 4.69) is 29.2 Å². The number of aliphatic hydroxyl groups is 1. The summed E-state index contributed by atoms with van der Waals surface area (Å²) in [6.45, 7) is 2.10. The number of rotatable bonds is 4. The molecule has 0 amide bonds. The van der Waals surface area contributed by atoms with Gasteiger partial charge < -0.3 is 9.63 Å². The largest absolute Gasteiger partial charge is 0.392 e. The van der Waals surface area contributed by atoms with Gasteiger partial charge in [0.2, 0.25) is 5.89 Å². The van der Waals surface area contributed by atoms with Crippen molar-refractivity contribution in [3.05, 3.63) is 41.5 Å². The van der Waals surface area contributed by atoms with Gasteiger partial charge in [0, 0.05) is 4.90 Å². The lowest BCUT2D eigenvalue weighted by Gasteiger charge is -2.07. The molecule has 1 saturated carbocycles. The predicted molar refractivity (Wildman–Crippen MR) is 77.6 cm³/mol. The normalized spacial score (nSPS) is 22.3. The second kappa shape index (κ2) is 5.97. The summed E-state index contributed by atoms with van der Waals surface area (Å²) in [6, 6.07) is 8.26. The van der Waals surface area contributed by atoms with Crippen LogP contribution < -0.4 is 0 Å². The van der Waals surface area contributed by atoms with Crippen molar-refractivity contribution in [2.75, 3.05) is 0 Å². The lowest BCUT2D eigenvalue weighted by molar-refractivity contribution is 0.148. The zero-order valence-electron chi connectivity index (χ0n) is 11.5. The Labute approximate surface area is 122 Å². The van der Waals surface area contributed by atoms with Gasteiger partial charge in [-0.05, 0) is 37.8 Å². The topological polar surface area (TPSA) is 59.2 Å². The third-order valence-corrected chi connectivity index (χ3v) is 4.90. The summed E-state index contributed by atoms with van der Waals surface area (Å²) in [4.78, 5) is 5.66. The van der Waals surface area contributed by atoms with Gasteiger partial charge in [-0.15, -0.1) is 11.8 Å². The van der Waals surface area contributed by atoms with Crippen LogP contribution in [0.2, 0.25) is 0 Å². The van der Waals surface area contributed by atoms with Crippen LogP contribution in [0.25, 0.3) is 0 Å². The van der Waals surface area contributed by atoms with Crippen LogP contribution in [0.5, 0.6) is 0 Å². The van der Waals surface area contributed by atoms with Crippen molar-refractivity contribution < 1.29 is 9.63 Å². The maximum Gasteiger partial charge on any atom is 0.232 e. The summed E-state index contributed by atoms with van der Waals surface area (Å²) in [5.74, 6) is 2.01. The Kier molecular flexibility index (Phi) is 4.08. The molecular formula is C15H18N2O2S. The number of aryl methyl sites for hydroxylation is 1. The van der Waals surface area contributed by atoms with Crippen molar-refractivity contribution >= 4 is 11.8 Å². The first-order valence-corrected chi connectivity index (χ1v) is 7.91. The summed E-state index contributed by atoms with van der Waals surface area (Å²) in [6.07, 6.45) is 2.47. The smallest absolute Gasteiger partial charge is 0.232 e. The maximum absolute atomic E-state index is 9.86. The maximum atomic E-state index is 9.86. The minimum atomic E-state index is -0.327. The molecular weight excluding hydrogens is 272 g/mol. The van der Waals surface area contributed by atoms with Gasteiger partial charge in [0.25, 0.3) is 0 Å². The number of aromatic nitrogens is 2. The van der Waals surface area contributed by atoms with Gasteiger partial charge in [-0.25, -0.2) is 0 Å². The number of hydrogen-bond donors (Lipinski definition) is 1. The minimum Gasteiger partial charge on any atom is -0.392 e. The van der Waals surface area contributed by atoms with Gasteiger partial charge in [0.1, 0.15) is 0 Å². The van der Waals surface area contributed by atoms with Gasteiger partial charge in [-0.3, -0.25) is 0 Å². The van der Waals surface area contributed by atoms with Crippen LogP contribution in [-0.4, -0.2) is 21.4 Å². The third kappa shape index (κ3) is 2.88. The Bertz CT molecular complexity index is 585. The molecule has 1 fully saturated rings. The van der Waals surface area contributed by atoms with Crippen molar-refractivity contribution in [3.8, 4) is 0 Å². The Morgan fingerprint density at radius 3 is 2.95 bits per heavy atom. The van der Waals surface area contributed by atoms with Crippen molar-refractivity contribution in [3.63, 3.8) is 0 Å². The fourth-order valence-electron chi connectivity index (χ4n) is 2.57.